The van der Waals surface area contributed by atoms with Crippen molar-refractivity contribution in [3.63, 3.8) is 0 Å². The van der Waals surface area contributed by atoms with Crippen LogP contribution in [0.1, 0.15) is 24.5 Å². The molecule has 0 bridgehead atoms. The number of rotatable bonds is 8. The monoisotopic (exact) mass is 398 g/mol. The summed E-state index contributed by atoms with van der Waals surface area (Å²) < 4.78 is 20.1. The van der Waals surface area contributed by atoms with Gasteiger partial charge in [-0.2, -0.15) is 0 Å². The SMILES string of the molecule is COC(=O)C(C)(CC=C(c1ccc(OC)cc1)c1ccc(OC)cc1)C(=O)OC. The highest BCUT2D eigenvalue weighted by molar-refractivity contribution is 6.00. The Morgan fingerprint density at radius 3 is 1.45 bits per heavy atom. The molecule has 0 radical (unpaired) electrons. The van der Waals surface area contributed by atoms with Gasteiger partial charge in [0.15, 0.2) is 5.41 Å². The second-order valence-corrected chi connectivity index (χ2v) is 6.59. The van der Waals surface area contributed by atoms with E-state index >= 15 is 0 Å². The number of carbonyl (C=O) groups excluding carboxylic acids is 2. The maximum Gasteiger partial charge on any atom is 0.323 e. The first-order valence-electron chi connectivity index (χ1n) is 9.05. The van der Waals surface area contributed by atoms with E-state index in [1.807, 2.05) is 54.6 Å². The van der Waals surface area contributed by atoms with Gasteiger partial charge in [-0.1, -0.05) is 30.3 Å². The van der Waals surface area contributed by atoms with Gasteiger partial charge in [-0.25, -0.2) is 0 Å². The third-order valence-corrected chi connectivity index (χ3v) is 4.79. The van der Waals surface area contributed by atoms with Gasteiger partial charge in [0.25, 0.3) is 0 Å². The molecule has 0 aliphatic rings. The molecule has 0 aliphatic heterocycles. The summed E-state index contributed by atoms with van der Waals surface area (Å²) in [6, 6.07) is 15.1. The third-order valence-electron chi connectivity index (χ3n) is 4.79. The van der Waals surface area contributed by atoms with Gasteiger partial charge in [-0.3, -0.25) is 9.59 Å². The van der Waals surface area contributed by atoms with Crippen molar-refractivity contribution in [3.8, 4) is 11.5 Å². The minimum atomic E-state index is -1.45. The Kier molecular flexibility index (Phi) is 7.42. The molecule has 0 N–H and O–H groups in total. The van der Waals surface area contributed by atoms with Crippen LogP contribution in [0.2, 0.25) is 0 Å². The number of ether oxygens (including phenoxy) is 4. The fourth-order valence-electron chi connectivity index (χ4n) is 2.95. The smallest absolute Gasteiger partial charge is 0.323 e. The average Bonchev–Trinajstić information content (AvgIpc) is 2.78. The van der Waals surface area contributed by atoms with Gasteiger partial charge in [0.05, 0.1) is 28.4 Å². The maximum atomic E-state index is 12.3. The normalized spacial score (nSPS) is 10.7. The first kappa shape index (κ1) is 22.0. The third kappa shape index (κ3) is 4.96. The van der Waals surface area contributed by atoms with E-state index in [4.69, 9.17) is 18.9 Å². The molecule has 0 fully saturated rings. The molecule has 2 aromatic carbocycles. The quantitative estimate of drug-likeness (QED) is 0.496. The van der Waals surface area contributed by atoms with Crippen molar-refractivity contribution in [2.24, 2.45) is 5.41 Å². The van der Waals surface area contributed by atoms with E-state index < -0.39 is 17.4 Å². The zero-order chi connectivity index (χ0) is 21.4. The summed E-state index contributed by atoms with van der Waals surface area (Å²) >= 11 is 0. The molecule has 29 heavy (non-hydrogen) atoms. The van der Waals surface area contributed by atoms with E-state index in [9.17, 15) is 9.59 Å². The molecule has 154 valence electrons. The summed E-state index contributed by atoms with van der Waals surface area (Å²) in [5.74, 6) is 0.169. The Labute approximate surface area is 171 Å². The lowest BCUT2D eigenvalue weighted by Crippen LogP contribution is -2.38. The van der Waals surface area contributed by atoms with Crippen LogP contribution in [-0.2, 0) is 19.1 Å². The molecule has 0 saturated carbocycles. The number of allylic oxidation sites excluding steroid dienone is 1. The summed E-state index contributed by atoms with van der Waals surface area (Å²) in [6.07, 6.45) is 1.96. The lowest BCUT2D eigenvalue weighted by Gasteiger charge is -2.23. The van der Waals surface area contributed by atoms with Crippen LogP contribution in [0.15, 0.2) is 54.6 Å². The predicted octanol–water partition coefficient (Wildman–Crippen LogP) is 3.88. The van der Waals surface area contributed by atoms with E-state index in [0.29, 0.717) is 0 Å². The van der Waals surface area contributed by atoms with Crippen LogP contribution in [0.5, 0.6) is 11.5 Å². The van der Waals surface area contributed by atoms with E-state index in [1.54, 1.807) is 14.2 Å². The average molecular weight is 398 g/mol. The van der Waals surface area contributed by atoms with E-state index in [0.717, 1.165) is 28.2 Å². The van der Waals surface area contributed by atoms with Crippen molar-refractivity contribution in [2.75, 3.05) is 28.4 Å². The molecular formula is C23H26O6. The van der Waals surface area contributed by atoms with Crippen LogP contribution >= 0.6 is 0 Å². The number of methoxy groups -OCH3 is 4. The van der Waals surface area contributed by atoms with Gasteiger partial charge < -0.3 is 18.9 Å². The lowest BCUT2D eigenvalue weighted by atomic mass is 9.84. The highest BCUT2D eigenvalue weighted by Crippen LogP contribution is 2.32. The van der Waals surface area contributed by atoms with Crippen LogP contribution in [-0.4, -0.2) is 40.4 Å². The predicted molar refractivity (Wildman–Crippen MR) is 110 cm³/mol. The first-order chi connectivity index (χ1) is 13.9. The Bertz CT molecular complexity index is 800. The second kappa shape index (κ2) is 9.78. The Hall–Kier alpha value is -3.28. The van der Waals surface area contributed by atoms with E-state index in [1.165, 1.54) is 21.1 Å². The zero-order valence-electron chi connectivity index (χ0n) is 17.4. The van der Waals surface area contributed by atoms with Gasteiger partial charge >= 0.3 is 11.9 Å². The van der Waals surface area contributed by atoms with E-state index in [2.05, 4.69) is 0 Å². The summed E-state index contributed by atoms with van der Waals surface area (Å²) in [4.78, 5) is 24.6. The molecule has 0 unspecified atom stereocenters. The number of esters is 2. The molecule has 2 aromatic rings. The lowest BCUT2D eigenvalue weighted by molar-refractivity contribution is -0.167. The number of hydrogen-bond acceptors (Lipinski definition) is 6. The summed E-state index contributed by atoms with van der Waals surface area (Å²) in [6.45, 7) is 1.51. The van der Waals surface area contributed by atoms with Crippen molar-refractivity contribution in [3.05, 3.63) is 65.7 Å². The fraction of sp³-hybridized carbons (Fsp3) is 0.304. The molecule has 0 heterocycles. The Morgan fingerprint density at radius 2 is 1.14 bits per heavy atom. The van der Waals surface area contributed by atoms with Crippen molar-refractivity contribution in [1.82, 2.24) is 0 Å². The molecule has 6 heteroatoms. The molecule has 0 aromatic heterocycles. The molecule has 0 spiro atoms. The second-order valence-electron chi connectivity index (χ2n) is 6.59. The van der Waals surface area contributed by atoms with Gasteiger partial charge in [0, 0.05) is 0 Å². The summed E-state index contributed by atoms with van der Waals surface area (Å²) in [5, 5.41) is 0. The van der Waals surface area contributed by atoms with Crippen molar-refractivity contribution in [2.45, 2.75) is 13.3 Å². The standard InChI is InChI=1S/C23H26O6/c1-23(21(24)28-4,22(25)29-5)15-14-20(16-6-10-18(26-2)11-7-16)17-8-12-19(27-3)13-9-17/h6-14H,15H2,1-5H3. The van der Waals surface area contributed by atoms with Crippen LogP contribution < -0.4 is 9.47 Å². The Balaban J connectivity index is 2.52. The molecule has 0 amide bonds. The largest absolute Gasteiger partial charge is 0.497 e. The van der Waals surface area contributed by atoms with Crippen LogP contribution in [0.25, 0.3) is 5.57 Å². The molecule has 2 rings (SSSR count). The molecule has 6 nitrogen and oxygen atoms in total. The summed E-state index contributed by atoms with van der Waals surface area (Å²) in [5.41, 5.74) is 1.23. The maximum absolute atomic E-state index is 12.3. The van der Waals surface area contributed by atoms with Gasteiger partial charge in [0.1, 0.15) is 11.5 Å². The minimum absolute atomic E-state index is 0.111. The highest BCUT2D eigenvalue weighted by atomic mass is 16.5. The van der Waals surface area contributed by atoms with Crippen LogP contribution in [0, 0.1) is 5.41 Å². The van der Waals surface area contributed by atoms with Crippen molar-refractivity contribution < 1.29 is 28.5 Å². The topological polar surface area (TPSA) is 71.1 Å². The van der Waals surface area contributed by atoms with Gasteiger partial charge in [-0.15, -0.1) is 0 Å². The zero-order valence-corrected chi connectivity index (χ0v) is 17.4. The van der Waals surface area contributed by atoms with Crippen molar-refractivity contribution >= 4 is 17.5 Å². The van der Waals surface area contributed by atoms with Gasteiger partial charge in [0.2, 0.25) is 0 Å². The fourth-order valence-corrected chi connectivity index (χ4v) is 2.95. The number of carbonyl (C=O) groups is 2. The number of hydrogen-bond donors (Lipinski definition) is 0. The molecular weight excluding hydrogens is 372 g/mol. The molecule has 0 atom stereocenters. The Morgan fingerprint density at radius 1 is 0.759 bits per heavy atom. The molecule has 0 saturated heterocycles. The first-order valence-corrected chi connectivity index (χ1v) is 9.05. The van der Waals surface area contributed by atoms with Gasteiger partial charge in [-0.05, 0) is 54.3 Å². The number of benzene rings is 2. The van der Waals surface area contributed by atoms with Crippen LogP contribution in [0.4, 0.5) is 0 Å². The van der Waals surface area contributed by atoms with E-state index in [-0.39, 0.29) is 6.42 Å². The highest BCUT2D eigenvalue weighted by Gasteiger charge is 2.42. The molecule has 0 aliphatic carbocycles. The minimum Gasteiger partial charge on any atom is -0.497 e. The van der Waals surface area contributed by atoms with Crippen LogP contribution in [0.3, 0.4) is 0 Å². The van der Waals surface area contributed by atoms with Crippen molar-refractivity contribution in [1.29, 1.82) is 0 Å². The summed E-state index contributed by atoms with van der Waals surface area (Å²) in [7, 11) is 5.71.